The Kier molecular flexibility index (Phi) is 9.54. The lowest BCUT2D eigenvalue weighted by Gasteiger charge is -2.28. The lowest BCUT2D eigenvalue weighted by Crippen LogP contribution is -2.11. The van der Waals surface area contributed by atoms with Crippen LogP contribution in [-0.2, 0) is 0 Å². The number of aromatic nitrogens is 1. The van der Waals surface area contributed by atoms with Crippen molar-refractivity contribution >= 4 is 71.2 Å². The van der Waals surface area contributed by atoms with Crippen molar-refractivity contribution in [2.24, 2.45) is 0 Å². The molecule has 2 nitrogen and oxygen atoms in total. The summed E-state index contributed by atoms with van der Waals surface area (Å²) >= 11 is 0. The van der Waals surface area contributed by atoms with E-state index in [4.69, 9.17) is 0 Å². The normalized spacial score (nSPS) is 11.5. The molecule has 0 fully saturated rings. The van der Waals surface area contributed by atoms with Gasteiger partial charge >= 0.3 is 0 Å². The van der Waals surface area contributed by atoms with E-state index in [9.17, 15) is 0 Å². The summed E-state index contributed by atoms with van der Waals surface area (Å²) in [6.45, 7) is 0. The zero-order valence-electron chi connectivity index (χ0n) is 37.3. The number of hydrogen-bond acceptors (Lipinski definition) is 1. The van der Waals surface area contributed by atoms with Crippen LogP contribution in [0.1, 0.15) is 0 Å². The number of fused-ring (bicyclic) bond motifs is 7. The summed E-state index contributed by atoms with van der Waals surface area (Å²) in [5, 5.41) is 9.90. The molecule has 0 unspecified atom stereocenters. The number of anilines is 3. The van der Waals surface area contributed by atoms with E-state index in [0.29, 0.717) is 0 Å². The Labute approximate surface area is 395 Å². The first-order valence-corrected chi connectivity index (χ1v) is 23.4. The van der Waals surface area contributed by atoms with Crippen molar-refractivity contribution < 1.29 is 0 Å². The molecule has 0 N–H and O–H groups in total. The third kappa shape index (κ3) is 6.65. The van der Waals surface area contributed by atoms with Gasteiger partial charge in [-0.2, -0.15) is 0 Å². The minimum absolute atomic E-state index is 1.08. The SMILES string of the molecule is c1ccc(-c2c(-c3ccccc3)c3cc(-c4ccc(N(c5ccc6ccccc6c5)c5ccccc5-c5ccc6c(c5)c5ccccc5n6-c5ccccc5)cc4)ccc3c3ccccc23)cc1. The van der Waals surface area contributed by atoms with E-state index >= 15 is 0 Å². The van der Waals surface area contributed by atoms with E-state index in [1.807, 2.05) is 0 Å². The van der Waals surface area contributed by atoms with Crippen molar-refractivity contribution in [1.29, 1.82) is 0 Å². The highest BCUT2D eigenvalue weighted by atomic mass is 15.1. The quantitative estimate of drug-likeness (QED) is 0.138. The fourth-order valence-electron chi connectivity index (χ4n) is 10.6. The first kappa shape index (κ1) is 39.4. The number of rotatable bonds is 8. The summed E-state index contributed by atoms with van der Waals surface area (Å²) in [6.07, 6.45) is 0. The van der Waals surface area contributed by atoms with Crippen LogP contribution < -0.4 is 4.90 Å². The van der Waals surface area contributed by atoms with Crippen molar-refractivity contribution in [2.45, 2.75) is 0 Å². The summed E-state index contributed by atoms with van der Waals surface area (Å²) in [6, 6.07) is 97.5. The summed E-state index contributed by atoms with van der Waals surface area (Å²) in [5.74, 6) is 0. The molecule has 1 aromatic heterocycles. The van der Waals surface area contributed by atoms with Crippen LogP contribution in [0.15, 0.2) is 267 Å². The third-order valence-electron chi connectivity index (χ3n) is 13.7. The fraction of sp³-hybridized carbons (Fsp3) is 0. The molecule has 13 aromatic rings. The van der Waals surface area contributed by atoms with Gasteiger partial charge in [0.25, 0.3) is 0 Å². The van der Waals surface area contributed by atoms with Gasteiger partial charge in [0.1, 0.15) is 0 Å². The molecule has 0 saturated carbocycles. The lowest BCUT2D eigenvalue weighted by atomic mass is 9.84. The van der Waals surface area contributed by atoms with Crippen molar-refractivity contribution in [3.63, 3.8) is 0 Å². The number of hydrogen-bond donors (Lipinski definition) is 0. The smallest absolute Gasteiger partial charge is 0.0541 e. The first-order chi connectivity index (χ1) is 33.7. The maximum Gasteiger partial charge on any atom is 0.0541 e. The molecule has 0 spiro atoms. The topological polar surface area (TPSA) is 8.17 Å². The van der Waals surface area contributed by atoms with E-state index in [1.54, 1.807) is 0 Å². The largest absolute Gasteiger partial charge is 0.310 e. The molecule has 1 heterocycles. The van der Waals surface area contributed by atoms with Gasteiger partial charge in [0, 0.05) is 33.4 Å². The minimum atomic E-state index is 1.08. The lowest BCUT2D eigenvalue weighted by molar-refractivity contribution is 1.18. The van der Waals surface area contributed by atoms with Gasteiger partial charge in [0.05, 0.1) is 16.7 Å². The van der Waals surface area contributed by atoms with Gasteiger partial charge in [-0.3, -0.25) is 0 Å². The molecule has 0 aliphatic heterocycles. The molecule has 13 rings (SSSR count). The minimum Gasteiger partial charge on any atom is -0.310 e. The highest BCUT2D eigenvalue weighted by molar-refractivity contribution is 6.22. The highest BCUT2D eigenvalue weighted by Gasteiger charge is 2.21. The molecule has 0 bridgehead atoms. The molecule has 0 saturated heterocycles. The van der Waals surface area contributed by atoms with E-state index in [0.717, 1.165) is 33.9 Å². The van der Waals surface area contributed by atoms with Gasteiger partial charge < -0.3 is 9.47 Å². The molecule has 68 heavy (non-hydrogen) atoms. The predicted molar refractivity (Wildman–Crippen MR) is 290 cm³/mol. The maximum absolute atomic E-state index is 2.43. The second-order valence-electron chi connectivity index (χ2n) is 17.6. The van der Waals surface area contributed by atoms with Crippen LogP contribution in [0, 0.1) is 0 Å². The molecule has 0 aliphatic rings. The van der Waals surface area contributed by atoms with Crippen LogP contribution in [-0.4, -0.2) is 4.57 Å². The zero-order valence-corrected chi connectivity index (χ0v) is 37.3. The van der Waals surface area contributed by atoms with Crippen LogP contribution in [0.2, 0.25) is 0 Å². The molecule has 2 heteroatoms. The van der Waals surface area contributed by atoms with Crippen LogP contribution in [0.3, 0.4) is 0 Å². The van der Waals surface area contributed by atoms with Crippen LogP contribution in [0.25, 0.3) is 104 Å². The first-order valence-electron chi connectivity index (χ1n) is 23.4. The monoisotopic (exact) mass is 864 g/mol. The van der Waals surface area contributed by atoms with Gasteiger partial charge in [-0.25, -0.2) is 0 Å². The van der Waals surface area contributed by atoms with Gasteiger partial charge in [0.15, 0.2) is 0 Å². The average molecular weight is 865 g/mol. The molecular weight excluding hydrogens is 821 g/mol. The molecule has 0 amide bonds. The Hall–Kier alpha value is -8.98. The van der Waals surface area contributed by atoms with E-state index in [2.05, 4.69) is 276 Å². The predicted octanol–water partition coefficient (Wildman–Crippen LogP) is 18.4. The Morgan fingerprint density at radius 2 is 0.794 bits per heavy atom. The number of nitrogens with zero attached hydrogens (tertiary/aromatic N) is 2. The van der Waals surface area contributed by atoms with Crippen molar-refractivity contribution in [3.8, 4) is 50.2 Å². The maximum atomic E-state index is 2.43. The van der Waals surface area contributed by atoms with Crippen molar-refractivity contribution in [2.75, 3.05) is 4.90 Å². The Morgan fingerprint density at radius 3 is 1.56 bits per heavy atom. The van der Waals surface area contributed by atoms with Crippen molar-refractivity contribution in [3.05, 3.63) is 267 Å². The average Bonchev–Trinajstić information content (AvgIpc) is 3.75. The van der Waals surface area contributed by atoms with Crippen LogP contribution in [0.4, 0.5) is 17.1 Å². The van der Waals surface area contributed by atoms with Gasteiger partial charge in [-0.15, -0.1) is 0 Å². The molecule has 318 valence electrons. The van der Waals surface area contributed by atoms with Crippen molar-refractivity contribution in [1.82, 2.24) is 4.57 Å². The van der Waals surface area contributed by atoms with E-state index in [1.165, 1.54) is 87.5 Å². The van der Waals surface area contributed by atoms with Gasteiger partial charge in [-0.05, 0) is 138 Å². The highest BCUT2D eigenvalue weighted by Crippen LogP contribution is 2.47. The summed E-state index contributed by atoms with van der Waals surface area (Å²) in [4.78, 5) is 2.43. The Morgan fingerprint density at radius 1 is 0.265 bits per heavy atom. The summed E-state index contributed by atoms with van der Waals surface area (Å²) in [5.41, 5.74) is 16.4. The Bertz CT molecular complexity index is 4000. The third-order valence-corrected chi connectivity index (χ3v) is 13.7. The van der Waals surface area contributed by atoms with Gasteiger partial charge in [0.2, 0.25) is 0 Å². The van der Waals surface area contributed by atoms with Crippen LogP contribution >= 0.6 is 0 Å². The second-order valence-corrected chi connectivity index (χ2v) is 17.6. The van der Waals surface area contributed by atoms with E-state index in [-0.39, 0.29) is 0 Å². The molecule has 0 radical (unpaired) electrons. The fourth-order valence-corrected chi connectivity index (χ4v) is 10.6. The van der Waals surface area contributed by atoms with E-state index < -0.39 is 0 Å². The Balaban J connectivity index is 0.970. The van der Waals surface area contributed by atoms with Gasteiger partial charge in [-0.1, -0.05) is 200 Å². The molecule has 12 aromatic carbocycles. The molecule has 0 atom stereocenters. The second kappa shape index (κ2) is 16.5. The van der Waals surface area contributed by atoms with Crippen LogP contribution in [0.5, 0.6) is 0 Å². The summed E-state index contributed by atoms with van der Waals surface area (Å²) in [7, 11) is 0. The zero-order chi connectivity index (χ0) is 45.0. The number of para-hydroxylation sites is 3. The summed E-state index contributed by atoms with van der Waals surface area (Å²) < 4.78 is 2.38. The molecule has 0 aliphatic carbocycles. The standard InChI is InChI=1S/C66H44N2/c1-4-19-47(20-5-1)65-59-29-13-12-27-56(59)57-40-35-50(43-61(57)66(65)48-21-6-2-7-22-48)46-32-37-53(38-33-46)67(54-39-34-45-18-10-11-23-49(45)42-54)62-30-16-14-26-55(62)51-36-41-64-60(44-51)58-28-15-17-31-63(58)68(64)52-24-8-3-9-25-52/h1-44H. The number of benzene rings is 12. The molecular formula is C66H44N2.